The Morgan fingerprint density at radius 3 is 1.44 bits per heavy atom. The third kappa shape index (κ3) is 8.16. The first-order chi connectivity index (χ1) is 8.19. The summed E-state index contributed by atoms with van der Waals surface area (Å²) in [5, 5.41) is 0. The fourth-order valence-corrected chi connectivity index (χ4v) is 3.06. The van der Waals surface area contributed by atoms with Crippen molar-refractivity contribution in [1.29, 1.82) is 0 Å². The minimum atomic E-state index is 0.353. The van der Waals surface area contributed by atoms with Gasteiger partial charge in [-0.15, -0.1) is 0 Å². The van der Waals surface area contributed by atoms with Crippen LogP contribution in [0.15, 0.2) is 0 Å². The third-order valence-electron chi connectivity index (χ3n) is 3.74. The molecule has 0 atom stereocenters. The molecular formula is C18H36. The lowest BCUT2D eigenvalue weighted by molar-refractivity contribution is 0.258. The zero-order chi connectivity index (χ0) is 14.2. The van der Waals surface area contributed by atoms with E-state index in [1.54, 1.807) is 5.92 Å². The fraction of sp³-hybridized carbons (Fsp3) is 0.889. The van der Waals surface area contributed by atoms with E-state index in [1.165, 1.54) is 44.9 Å². The van der Waals surface area contributed by atoms with Crippen molar-refractivity contribution in [1.82, 2.24) is 0 Å². The molecule has 0 rings (SSSR count). The summed E-state index contributed by atoms with van der Waals surface area (Å²) in [4.78, 5) is 0. The van der Waals surface area contributed by atoms with Crippen LogP contribution in [-0.4, -0.2) is 0 Å². The van der Waals surface area contributed by atoms with Gasteiger partial charge in [-0.1, -0.05) is 93.4 Å². The molecule has 0 fully saturated rings. The molecule has 0 saturated heterocycles. The highest BCUT2D eigenvalue weighted by Gasteiger charge is 2.34. The van der Waals surface area contributed by atoms with E-state index in [2.05, 4.69) is 48.5 Å². The van der Waals surface area contributed by atoms with E-state index >= 15 is 0 Å². The minimum absolute atomic E-state index is 0.353. The summed E-state index contributed by atoms with van der Waals surface area (Å²) in [5.74, 6) is 1.73. The lowest BCUT2D eigenvalue weighted by Crippen LogP contribution is -2.30. The Hall–Kier alpha value is 0. The van der Waals surface area contributed by atoms with Crippen molar-refractivity contribution in [2.45, 2.75) is 92.9 Å². The van der Waals surface area contributed by atoms with Crippen molar-refractivity contribution < 1.29 is 0 Å². The zero-order valence-corrected chi connectivity index (χ0v) is 13.9. The predicted octanol–water partition coefficient (Wildman–Crippen LogP) is 6.61. The van der Waals surface area contributed by atoms with E-state index < -0.39 is 0 Å². The van der Waals surface area contributed by atoms with Gasteiger partial charge >= 0.3 is 0 Å². The van der Waals surface area contributed by atoms with Crippen LogP contribution >= 0.6 is 0 Å². The summed E-state index contributed by atoms with van der Waals surface area (Å²) >= 11 is 0. The second-order valence-corrected chi connectivity index (χ2v) is 7.70. The van der Waals surface area contributed by atoms with Crippen LogP contribution in [0.25, 0.3) is 0 Å². The van der Waals surface area contributed by atoms with Gasteiger partial charge in [-0.2, -0.15) is 0 Å². The van der Waals surface area contributed by atoms with Crippen LogP contribution in [0.4, 0.5) is 0 Å². The molecule has 0 aromatic heterocycles. The standard InChI is InChI=1S/C18H36/c1-8-9-10-11-12-13-14-15-16(17(2,3)4)18(5,6)7/h1,8-15H2,2-7H3. The zero-order valence-electron chi connectivity index (χ0n) is 13.9. The molecule has 0 bridgehead atoms. The van der Waals surface area contributed by atoms with Crippen molar-refractivity contribution in [2.75, 3.05) is 0 Å². The monoisotopic (exact) mass is 252 g/mol. The van der Waals surface area contributed by atoms with E-state index in [4.69, 9.17) is 0 Å². The molecule has 0 aliphatic carbocycles. The molecule has 2 radical (unpaired) electrons. The molecule has 0 aliphatic heterocycles. The van der Waals surface area contributed by atoms with Crippen LogP contribution in [0.2, 0.25) is 0 Å². The Morgan fingerprint density at radius 2 is 1.06 bits per heavy atom. The Labute approximate surface area is 117 Å². The molecular weight excluding hydrogens is 216 g/mol. The van der Waals surface area contributed by atoms with E-state index in [9.17, 15) is 0 Å². The quantitative estimate of drug-likeness (QED) is 0.426. The van der Waals surface area contributed by atoms with E-state index in [0.717, 1.165) is 6.42 Å². The predicted molar refractivity (Wildman–Crippen MR) is 84.4 cm³/mol. The van der Waals surface area contributed by atoms with Crippen LogP contribution < -0.4 is 0 Å². The van der Waals surface area contributed by atoms with Crippen molar-refractivity contribution in [3.8, 4) is 0 Å². The van der Waals surface area contributed by atoms with Crippen molar-refractivity contribution >= 4 is 0 Å². The molecule has 0 heteroatoms. The lowest BCUT2D eigenvalue weighted by Gasteiger charge is -2.40. The van der Waals surface area contributed by atoms with Gasteiger partial charge in [0.25, 0.3) is 0 Å². The van der Waals surface area contributed by atoms with Gasteiger partial charge in [0.2, 0.25) is 0 Å². The molecule has 0 saturated carbocycles. The summed E-state index contributed by atoms with van der Waals surface area (Å²) < 4.78 is 0. The highest BCUT2D eigenvalue weighted by Crippen LogP contribution is 2.44. The Balaban J connectivity index is 3.86. The van der Waals surface area contributed by atoms with Gasteiger partial charge in [0.15, 0.2) is 0 Å². The van der Waals surface area contributed by atoms with E-state index in [0.29, 0.717) is 10.8 Å². The first-order valence-corrected chi connectivity index (χ1v) is 7.85. The summed E-state index contributed by atoms with van der Waals surface area (Å²) in [6, 6.07) is 0. The van der Waals surface area contributed by atoms with Gasteiger partial charge < -0.3 is 0 Å². The van der Waals surface area contributed by atoms with Crippen molar-refractivity contribution in [2.24, 2.45) is 10.8 Å². The number of unbranched alkanes of at least 4 members (excludes halogenated alkanes) is 6. The highest BCUT2D eigenvalue weighted by molar-refractivity contribution is 5.08. The average molecular weight is 252 g/mol. The SMILES string of the molecule is [CH2]CCCCCCCC[C](C(C)(C)C)C(C)(C)C. The maximum Gasteiger partial charge on any atom is -0.0134 e. The maximum atomic E-state index is 3.89. The molecule has 18 heavy (non-hydrogen) atoms. The normalized spacial score (nSPS) is 13.3. The summed E-state index contributed by atoms with van der Waals surface area (Å²) in [7, 11) is 0. The molecule has 0 aromatic rings. The number of hydrogen-bond donors (Lipinski definition) is 0. The van der Waals surface area contributed by atoms with Crippen molar-refractivity contribution in [3.05, 3.63) is 12.8 Å². The fourth-order valence-electron chi connectivity index (χ4n) is 3.06. The molecule has 0 aromatic carbocycles. The van der Waals surface area contributed by atoms with Crippen LogP contribution in [-0.2, 0) is 0 Å². The van der Waals surface area contributed by atoms with E-state index in [-0.39, 0.29) is 0 Å². The van der Waals surface area contributed by atoms with Gasteiger partial charge in [-0.05, 0) is 23.2 Å². The first-order valence-electron chi connectivity index (χ1n) is 7.85. The van der Waals surface area contributed by atoms with Gasteiger partial charge in [-0.25, -0.2) is 0 Å². The van der Waals surface area contributed by atoms with Crippen LogP contribution in [0.1, 0.15) is 92.9 Å². The minimum Gasteiger partial charge on any atom is -0.0596 e. The maximum absolute atomic E-state index is 3.89. The molecule has 0 spiro atoms. The lowest BCUT2D eigenvalue weighted by atomic mass is 9.65. The van der Waals surface area contributed by atoms with Gasteiger partial charge in [0, 0.05) is 0 Å². The van der Waals surface area contributed by atoms with Crippen molar-refractivity contribution in [3.63, 3.8) is 0 Å². The van der Waals surface area contributed by atoms with Crippen LogP contribution in [0.5, 0.6) is 0 Å². The smallest absolute Gasteiger partial charge is 0.0134 e. The molecule has 0 N–H and O–H groups in total. The highest BCUT2D eigenvalue weighted by atomic mass is 14.4. The molecule has 0 amide bonds. The van der Waals surface area contributed by atoms with E-state index in [1.807, 2.05) is 0 Å². The number of rotatable bonds is 8. The molecule has 0 heterocycles. The Kier molecular flexibility index (Phi) is 8.23. The topological polar surface area (TPSA) is 0 Å². The second kappa shape index (κ2) is 8.23. The molecule has 108 valence electrons. The summed E-state index contributed by atoms with van der Waals surface area (Å²) in [5.41, 5.74) is 0.707. The molecule has 0 nitrogen and oxygen atoms in total. The number of hydrogen-bond acceptors (Lipinski definition) is 0. The first kappa shape index (κ1) is 18.0. The molecule has 0 unspecified atom stereocenters. The molecule has 0 aliphatic rings. The van der Waals surface area contributed by atoms with Gasteiger partial charge in [0.1, 0.15) is 0 Å². The second-order valence-electron chi connectivity index (χ2n) is 7.70. The van der Waals surface area contributed by atoms with Crippen LogP contribution in [0, 0.1) is 23.7 Å². The average Bonchev–Trinajstić information content (AvgIpc) is 2.18. The Bertz CT molecular complexity index is 175. The largest absolute Gasteiger partial charge is 0.0596 e. The summed E-state index contributed by atoms with van der Waals surface area (Å²) in [6.45, 7) is 18.1. The van der Waals surface area contributed by atoms with Crippen LogP contribution in [0.3, 0.4) is 0 Å². The summed E-state index contributed by atoms with van der Waals surface area (Å²) in [6.07, 6.45) is 10.7. The Morgan fingerprint density at radius 1 is 0.667 bits per heavy atom. The van der Waals surface area contributed by atoms with Gasteiger partial charge in [-0.3, -0.25) is 0 Å². The van der Waals surface area contributed by atoms with Gasteiger partial charge in [0.05, 0.1) is 0 Å². The third-order valence-corrected chi connectivity index (χ3v) is 3.74.